The number of rotatable bonds is 6. The topological polar surface area (TPSA) is 229 Å². The number of aromatic hydroxyl groups is 2. The van der Waals surface area contributed by atoms with E-state index in [0.717, 1.165) is 6.07 Å². The Balaban J connectivity index is 1.35. The number of hydrogen-bond acceptors (Lipinski definition) is 14. The van der Waals surface area contributed by atoms with Crippen LogP contribution in [0.2, 0.25) is 0 Å². The summed E-state index contributed by atoms with van der Waals surface area (Å²) in [5, 5.41) is 81.2. The van der Waals surface area contributed by atoms with Gasteiger partial charge in [0, 0.05) is 23.8 Å². The lowest BCUT2D eigenvalue weighted by Gasteiger charge is -2.42. The van der Waals surface area contributed by atoms with E-state index in [2.05, 4.69) is 0 Å². The highest BCUT2D eigenvalue weighted by Crippen LogP contribution is 2.34. The summed E-state index contributed by atoms with van der Waals surface area (Å²) in [7, 11) is 0. The summed E-state index contributed by atoms with van der Waals surface area (Å²) in [5.41, 5.74) is -0.149. The van der Waals surface area contributed by atoms with Crippen molar-refractivity contribution in [2.45, 2.75) is 68.3 Å². The van der Waals surface area contributed by atoms with E-state index in [-0.39, 0.29) is 28.2 Å². The van der Waals surface area contributed by atoms with E-state index >= 15 is 0 Å². The van der Waals surface area contributed by atoms with Crippen molar-refractivity contribution in [2.75, 3.05) is 6.61 Å². The predicted molar refractivity (Wildman–Crippen MR) is 137 cm³/mol. The van der Waals surface area contributed by atoms with E-state index in [0.29, 0.717) is 5.56 Å². The van der Waals surface area contributed by atoms with E-state index in [1.807, 2.05) is 0 Å². The molecule has 2 fully saturated rings. The fourth-order valence-corrected chi connectivity index (χ4v) is 4.71. The van der Waals surface area contributed by atoms with Gasteiger partial charge in [-0.2, -0.15) is 0 Å². The molecule has 8 N–H and O–H groups in total. The molecule has 0 amide bonds. The van der Waals surface area contributed by atoms with Crippen LogP contribution in [0, 0.1) is 0 Å². The molecule has 3 heterocycles. The molecule has 2 aromatic carbocycles. The van der Waals surface area contributed by atoms with Crippen LogP contribution in [-0.4, -0.2) is 109 Å². The fourth-order valence-electron chi connectivity index (χ4n) is 4.71. The zero-order valence-corrected chi connectivity index (χ0v) is 21.5. The minimum absolute atomic E-state index is 0.0145. The monoisotopic (exact) mass is 578 g/mol. The summed E-state index contributed by atoms with van der Waals surface area (Å²) in [6.07, 6.45) is -14.9. The number of phenols is 2. The first-order valence-electron chi connectivity index (χ1n) is 12.7. The SMILES string of the molecule is C[C@H]1O[C@H](OC[C@@H]2O[C@@H](Oc3cc(O)c4c(=O)cc(-c5ccc(O)cc5)oc4c3)[C@@H](O)[C@@H](O)[C@H]2O)[C@@H](O)[C@H](O)[C@H]1O. The number of benzene rings is 2. The van der Waals surface area contributed by atoms with Gasteiger partial charge >= 0.3 is 0 Å². The summed E-state index contributed by atoms with van der Waals surface area (Å²) in [6.45, 7) is 0.969. The standard InChI is InChI=1S/C27H30O14/c1-10-20(31)22(33)24(35)26(38-10)37-9-18-21(32)23(34)25(36)27(41-18)39-13-6-14(29)19-15(30)8-16(40-17(19)7-13)11-2-4-12(28)5-3-11/h2-8,10,18,20-29,31-36H,9H2,1H3/t10-,18+,20+,21+,22-,23+,24+,25+,26+,27-/m1/s1. The Bertz CT molecular complexity index is 1420. The zero-order chi connectivity index (χ0) is 29.6. The second kappa shape index (κ2) is 11.5. The van der Waals surface area contributed by atoms with Crippen LogP contribution in [0.15, 0.2) is 51.7 Å². The highest BCUT2D eigenvalue weighted by molar-refractivity contribution is 5.86. The molecule has 10 atom stereocenters. The molecule has 1 aromatic heterocycles. The van der Waals surface area contributed by atoms with Crippen molar-refractivity contribution < 1.29 is 64.2 Å². The molecule has 222 valence electrons. The van der Waals surface area contributed by atoms with Crippen molar-refractivity contribution in [1.29, 1.82) is 0 Å². The molecule has 2 aliphatic heterocycles. The first-order valence-corrected chi connectivity index (χ1v) is 12.7. The van der Waals surface area contributed by atoms with Gasteiger partial charge in [-0.15, -0.1) is 0 Å². The van der Waals surface area contributed by atoms with Crippen LogP contribution in [0.4, 0.5) is 0 Å². The third-order valence-electron chi connectivity index (χ3n) is 7.09. The van der Waals surface area contributed by atoms with Crippen LogP contribution >= 0.6 is 0 Å². The maximum Gasteiger partial charge on any atom is 0.229 e. The van der Waals surface area contributed by atoms with Crippen LogP contribution in [0.1, 0.15) is 6.92 Å². The highest BCUT2D eigenvalue weighted by Gasteiger charge is 2.47. The minimum Gasteiger partial charge on any atom is -0.508 e. The van der Waals surface area contributed by atoms with E-state index in [1.54, 1.807) is 0 Å². The first kappa shape index (κ1) is 29.2. The molecule has 0 bridgehead atoms. The van der Waals surface area contributed by atoms with Gasteiger partial charge in [0.25, 0.3) is 0 Å². The normalized spacial score (nSPS) is 34.0. The van der Waals surface area contributed by atoms with E-state index in [4.69, 9.17) is 23.4 Å². The molecular formula is C27H30O14. The predicted octanol–water partition coefficient (Wildman–Crippen LogP) is -1.10. The minimum atomic E-state index is -1.76. The molecule has 0 spiro atoms. The molecule has 3 aromatic rings. The average Bonchev–Trinajstić information content (AvgIpc) is 2.94. The lowest BCUT2D eigenvalue weighted by molar-refractivity contribution is -0.318. The van der Waals surface area contributed by atoms with E-state index in [1.165, 1.54) is 43.3 Å². The molecule has 0 radical (unpaired) electrons. The molecule has 2 aliphatic rings. The van der Waals surface area contributed by atoms with E-state index in [9.17, 15) is 45.6 Å². The quantitative estimate of drug-likeness (QED) is 0.174. The molecule has 0 saturated carbocycles. The third-order valence-corrected chi connectivity index (χ3v) is 7.09. The Morgan fingerprint density at radius 2 is 1.44 bits per heavy atom. The van der Waals surface area contributed by atoms with Gasteiger partial charge in [-0.25, -0.2) is 0 Å². The molecule has 2 saturated heterocycles. The Labute approximate surface area is 231 Å². The van der Waals surface area contributed by atoms with Gasteiger partial charge in [0.1, 0.15) is 76.7 Å². The van der Waals surface area contributed by atoms with Gasteiger partial charge in [-0.3, -0.25) is 4.79 Å². The van der Waals surface area contributed by atoms with E-state index < -0.39 is 79.2 Å². The Morgan fingerprint density at radius 1 is 0.780 bits per heavy atom. The number of aliphatic hydroxyl groups excluding tert-OH is 6. The van der Waals surface area contributed by atoms with Crippen molar-refractivity contribution >= 4 is 11.0 Å². The third kappa shape index (κ3) is 5.74. The van der Waals surface area contributed by atoms with Crippen LogP contribution in [-0.2, 0) is 14.2 Å². The van der Waals surface area contributed by atoms with Crippen LogP contribution < -0.4 is 10.2 Å². The van der Waals surface area contributed by atoms with Gasteiger partial charge in [0.05, 0.1) is 12.7 Å². The molecule has 0 aliphatic carbocycles. The van der Waals surface area contributed by atoms with Crippen molar-refractivity contribution in [3.05, 3.63) is 52.7 Å². The van der Waals surface area contributed by atoms with Crippen LogP contribution in [0.3, 0.4) is 0 Å². The van der Waals surface area contributed by atoms with Crippen molar-refractivity contribution in [1.82, 2.24) is 0 Å². The zero-order valence-electron chi connectivity index (χ0n) is 21.5. The molecule has 14 nitrogen and oxygen atoms in total. The molecule has 14 heteroatoms. The van der Waals surface area contributed by atoms with Crippen LogP contribution in [0.5, 0.6) is 17.2 Å². The largest absolute Gasteiger partial charge is 0.508 e. The van der Waals surface area contributed by atoms with Gasteiger partial charge in [0.2, 0.25) is 6.29 Å². The summed E-state index contributed by atoms with van der Waals surface area (Å²) < 4.78 is 27.9. The summed E-state index contributed by atoms with van der Waals surface area (Å²) in [5.74, 6) is -0.457. The number of fused-ring (bicyclic) bond motifs is 1. The number of aliphatic hydroxyl groups is 6. The van der Waals surface area contributed by atoms with Gasteiger partial charge < -0.3 is 64.2 Å². The smallest absolute Gasteiger partial charge is 0.229 e. The van der Waals surface area contributed by atoms with Crippen molar-refractivity contribution in [3.8, 4) is 28.6 Å². The second-order valence-electron chi connectivity index (χ2n) is 9.98. The second-order valence-corrected chi connectivity index (χ2v) is 9.98. The van der Waals surface area contributed by atoms with Gasteiger partial charge in [0.15, 0.2) is 11.7 Å². The summed E-state index contributed by atoms with van der Waals surface area (Å²) >= 11 is 0. The highest BCUT2D eigenvalue weighted by atomic mass is 16.7. The summed E-state index contributed by atoms with van der Waals surface area (Å²) in [6, 6.07) is 9.40. The molecular weight excluding hydrogens is 548 g/mol. The maximum absolute atomic E-state index is 12.7. The Morgan fingerprint density at radius 3 is 2.15 bits per heavy atom. The Hall–Kier alpha value is -3.31. The van der Waals surface area contributed by atoms with Crippen molar-refractivity contribution in [2.24, 2.45) is 0 Å². The lowest BCUT2D eigenvalue weighted by atomic mass is 9.98. The summed E-state index contributed by atoms with van der Waals surface area (Å²) in [4.78, 5) is 12.7. The molecule has 41 heavy (non-hydrogen) atoms. The molecule has 0 unspecified atom stereocenters. The maximum atomic E-state index is 12.7. The Kier molecular flexibility index (Phi) is 8.20. The number of phenolic OH excluding ortho intramolecular Hbond substituents is 2. The number of hydrogen-bond donors (Lipinski definition) is 8. The lowest BCUT2D eigenvalue weighted by Crippen LogP contribution is -2.61. The fraction of sp³-hybridized carbons (Fsp3) is 0.444. The first-order chi connectivity index (χ1) is 19.4. The average molecular weight is 579 g/mol. The van der Waals surface area contributed by atoms with Crippen molar-refractivity contribution in [3.63, 3.8) is 0 Å². The van der Waals surface area contributed by atoms with Gasteiger partial charge in [-0.1, -0.05) is 0 Å². The van der Waals surface area contributed by atoms with Crippen LogP contribution in [0.25, 0.3) is 22.3 Å². The van der Waals surface area contributed by atoms with Gasteiger partial charge in [-0.05, 0) is 31.2 Å². The molecule has 5 rings (SSSR count). The number of ether oxygens (including phenoxy) is 4.